The van der Waals surface area contributed by atoms with Gasteiger partial charge in [-0.05, 0) is 69.2 Å². The topological polar surface area (TPSA) is 84.9 Å². The van der Waals surface area contributed by atoms with Gasteiger partial charge in [-0.15, -0.1) is 0 Å². The summed E-state index contributed by atoms with van der Waals surface area (Å²) in [6.45, 7) is 3.38. The first-order chi connectivity index (χ1) is 20.6. The fourth-order valence-corrected chi connectivity index (χ4v) is 5.62. The number of hydrogen-bond donors (Lipinski definition) is 0. The predicted molar refractivity (Wildman–Crippen MR) is 173 cm³/mol. The fourth-order valence-electron chi connectivity index (χ4n) is 4.84. The molecule has 0 aromatic heterocycles. The first-order valence-corrected chi connectivity index (χ1v) is 18.5. The van der Waals surface area contributed by atoms with Gasteiger partial charge in [-0.2, -0.15) is 0 Å². The zero-order chi connectivity index (χ0) is 30.4. The molecule has 0 aliphatic rings. The van der Waals surface area contributed by atoms with Gasteiger partial charge in [0.25, 0.3) is 7.82 Å². The van der Waals surface area contributed by atoms with Crippen LogP contribution in [0.2, 0.25) is 0 Å². The number of aldehydes is 1. The molecule has 1 aromatic rings. The van der Waals surface area contributed by atoms with Crippen molar-refractivity contribution in [3.05, 3.63) is 42.0 Å². The first-order valence-electron chi connectivity index (χ1n) is 17.0. The van der Waals surface area contributed by atoms with E-state index in [-0.39, 0.29) is 64.6 Å². The van der Waals surface area contributed by atoms with Gasteiger partial charge in [0.2, 0.25) is 0 Å². The zero-order valence-electron chi connectivity index (χ0n) is 27.6. The van der Waals surface area contributed by atoms with Gasteiger partial charge in [0.15, 0.2) is 0 Å². The molecule has 0 aliphatic heterocycles. The van der Waals surface area contributed by atoms with E-state index in [9.17, 15) is 14.3 Å². The Bertz CT molecular complexity index is 817. The van der Waals surface area contributed by atoms with E-state index < -0.39 is 7.82 Å². The molecule has 0 aliphatic carbocycles. The smallest absolute Gasteiger partial charge is 0.756 e. The van der Waals surface area contributed by atoms with Crippen LogP contribution in [0, 0.1) is 0 Å². The number of rotatable bonds is 31. The summed E-state index contributed by atoms with van der Waals surface area (Å²) in [6, 6.07) is 7.17. The van der Waals surface area contributed by atoms with E-state index in [1.807, 2.05) is 12.1 Å². The molecule has 0 spiro atoms. The molecule has 1 unspecified atom stereocenters. The normalized spacial score (nSPS) is 12.7. The van der Waals surface area contributed by atoms with E-state index in [1.165, 1.54) is 83.5 Å². The molecule has 0 saturated carbocycles. The molecule has 0 amide bonds. The van der Waals surface area contributed by atoms with Crippen LogP contribution in [0.1, 0.15) is 159 Å². The number of carbonyl (C=O) groups excluding carboxylic acids is 1. The quantitative estimate of drug-likeness (QED) is 0.0272. The second kappa shape index (κ2) is 32.1. The molecular formula is C35H60KO6P. The van der Waals surface area contributed by atoms with Crippen LogP contribution in [-0.4, -0.2) is 26.1 Å². The van der Waals surface area contributed by atoms with Gasteiger partial charge in [0.05, 0.1) is 19.8 Å². The average molecular weight is 647 g/mol. The molecule has 1 rings (SSSR count). The molecule has 43 heavy (non-hydrogen) atoms. The Balaban J connectivity index is 0.0000176. The van der Waals surface area contributed by atoms with Crippen LogP contribution < -0.4 is 61.0 Å². The molecule has 6 nitrogen and oxygen atoms in total. The van der Waals surface area contributed by atoms with Gasteiger partial charge in [0, 0.05) is 5.56 Å². The Morgan fingerprint density at radius 3 is 1.44 bits per heavy atom. The fraction of sp³-hybridized carbons (Fsp3) is 0.743. The van der Waals surface area contributed by atoms with Crippen molar-refractivity contribution in [2.24, 2.45) is 0 Å². The summed E-state index contributed by atoms with van der Waals surface area (Å²) in [5.41, 5.74) is 0.656. The van der Waals surface area contributed by atoms with E-state index in [1.54, 1.807) is 12.1 Å². The number of hydrogen-bond acceptors (Lipinski definition) is 6. The van der Waals surface area contributed by atoms with Crippen LogP contribution in [-0.2, 0) is 13.6 Å². The Labute approximate surface area is 306 Å². The van der Waals surface area contributed by atoms with Crippen LogP contribution in [0.25, 0.3) is 0 Å². The summed E-state index contributed by atoms with van der Waals surface area (Å²) < 4.78 is 27.7. The Hall–Kier alpha value is 0.176. The molecule has 8 heteroatoms. The molecule has 1 atom stereocenters. The minimum atomic E-state index is -4.17. The maximum atomic E-state index is 11.9. The van der Waals surface area contributed by atoms with E-state index in [4.69, 9.17) is 13.8 Å². The summed E-state index contributed by atoms with van der Waals surface area (Å²) in [5.74, 6) is 0.800. The Morgan fingerprint density at radius 1 is 0.605 bits per heavy atom. The molecule has 0 radical (unpaired) electrons. The van der Waals surface area contributed by atoms with Crippen molar-refractivity contribution >= 4 is 14.1 Å². The SMILES string of the molecule is CCCCCCCC/C=C\CCCCCCCCOP(=O)([O-])OCCCCCCCCCCOc1ccc(C=O)cc1.[K+]. The standard InChI is InChI=1S/C35H61O6P.K/c1-2-3-4-5-6-7-8-9-10-11-12-13-14-18-21-24-31-40-42(37,38)41-32-25-22-19-16-15-17-20-23-30-39-35-28-26-34(33-36)27-29-35;/h9-10,26-29,33H,2-8,11-25,30-32H2,1H3,(H,37,38);/q;+1/p-1/b10-9-;. The van der Waals surface area contributed by atoms with Crippen molar-refractivity contribution in [3.8, 4) is 5.75 Å². The van der Waals surface area contributed by atoms with Crippen molar-refractivity contribution in [2.45, 2.75) is 148 Å². The minimum Gasteiger partial charge on any atom is -0.756 e. The zero-order valence-corrected chi connectivity index (χ0v) is 31.6. The molecule has 242 valence electrons. The Kier molecular flexibility index (Phi) is 32.3. The van der Waals surface area contributed by atoms with Crippen LogP contribution in [0.15, 0.2) is 36.4 Å². The number of benzene rings is 1. The maximum absolute atomic E-state index is 11.9. The van der Waals surface area contributed by atoms with E-state index in [2.05, 4.69) is 19.1 Å². The van der Waals surface area contributed by atoms with Crippen molar-refractivity contribution in [1.82, 2.24) is 0 Å². The third-order valence-electron chi connectivity index (χ3n) is 7.48. The van der Waals surface area contributed by atoms with E-state index in [0.717, 1.165) is 69.8 Å². The molecule has 0 fully saturated rings. The summed E-state index contributed by atoms with van der Waals surface area (Å²) in [7, 11) is -4.17. The summed E-state index contributed by atoms with van der Waals surface area (Å²) >= 11 is 0. The van der Waals surface area contributed by atoms with Crippen LogP contribution in [0.5, 0.6) is 5.75 Å². The van der Waals surface area contributed by atoms with E-state index in [0.29, 0.717) is 12.2 Å². The van der Waals surface area contributed by atoms with Crippen molar-refractivity contribution in [1.29, 1.82) is 0 Å². The molecule has 0 saturated heterocycles. The van der Waals surface area contributed by atoms with Crippen LogP contribution in [0.3, 0.4) is 0 Å². The van der Waals surface area contributed by atoms with Gasteiger partial charge in [-0.1, -0.05) is 115 Å². The molecular weight excluding hydrogens is 586 g/mol. The monoisotopic (exact) mass is 646 g/mol. The first kappa shape index (κ1) is 43.2. The number of ether oxygens (including phenoxy) is 1. The van der Waals surface area contributed by atoms with Crippen LogP contribution in [0.4, 0.5) is 0 Å². The summed E-state index contributed by atoms with van der Waals surface area (Å²) in [5, 5.41) is 0. The third-order valence-corrected chi connectivity index (χ3v) is 8.48. The van der Waals surface area contributed by atoms with E-state index >= 15 is 0 Å². The number of phosphoric ester groups is 1. The summed E-state index contributed by atoms with van der Waals surface area (Å²) in [4.78, 5) is 22.6. The average Bonchev–Trinajstić information content (AvgIpc) is 2.99. The van der Waals surface area contributed by atoms with Crippen molar-refractivity contribution < 1.29 is 79.4 Å². The van der Waals surface area contributed by atoms with Crippen molar-refractivity contribution in [3.63, 3.8) is 0 Å². The number of unbranched alkanes of at least 4 members (excludes halogenated alkanes) is 19. The second-order valence-corrected chi connectivity index (χ2v) is 12.8. The van der Waals surface area contributed by atoms with Gasteiger partial charge >= 0.3 is 51.4 Å². The maximum Gasteiger partial charge on any atom is 1.00 e. The van der Waals surface area contributed by atoms with Gasteiger partial charge in [0.1, 0.15) is 12.0 Å². The third kappa shape index (κ3) is 29.3. The minimum absolute atomic E-state index is 0. The number of carbonyl (C=O) groups is 1. The molecule has 0 bridgehead atoms. The predicted octanol–water partition coefficient (Wildman–Crippen LogP) is 7.54. The molecule has 0 heterocycles. The number of allylic oxidation sites excluding steroid dienone is 2. The second-order valence-electron chi connectivity index (χ2n) is 11.4. The van der Waals surface area contributed by atoms with Gasteiger partial charge in [-0.3, -0.25) is 9.36 Å². The largest absolute Gasteiger partial charge is 1.00 e. The van der Waals surface area contributed by atoms with Crippen molar-refractivity contribution in [2.75, 3.05) is 19.8 Å². The summed E-state index contributed by atoms with van der Waals surface area (Å²) in [6.07, 6.45) is 31.1. The van der Waals surface area contributed by atoms with Crippen LogP contribution >= 0.6 is 7.82 Å². The molecule has 0 N–H and O–H groups in total. The molecule has 1 aromatic carbocycles. The van der Waals surface area contributed by atoms with Gasteiger partial charge < -0.3 is 18.7 Å². The van der Waals surface area contributed by atoms with Gasteiger partial charge in [-0.25, -0.2) is 0 Å². The Morgan fingerprint density at radius 2 is 1.00 bits per heavy atom. The number of phosphoric acid groups is 1.